The fourth-order valence-electron chi connectivity index (χ4n) is 11.9. The Morgan fingerprint density at radius 1 is 0.912 bits per heavy atom. The van der Waals surface area contributed by atoms with Crippen LogP contribution in [0.5, 0.6) is 0 Å². The minimum absolute atomic E-state index is 0.0101. The van der Waals surface area contributed by atoms with Gasteiger partial charge in [-0.25, -0.2) is 0 Å². The third-order valence-corrected chi connectivity index (χ3v) is 13.9. The van der Waals surface area contributed by atoms with Crippen molar-refractivity contribution < 1.29 is 9.90 Å². The van der Waals surface area contributed by atoms with Gasteiger partial charge in [0, 0.05) is 0 Å². The van der Waals surface area contributed by atoms with Gasteiger partial charge in [0.25, 0.3) is 0 Å². The van der Waals surface area contributed by atoms with Crippen molar-refractivity contribution in [1.82, 2.24) is 0 Å². The lowest BCUT2D eigenvalue weighted by Gasteiger charge is -2.72. The highest BCUT2D eigenvalue weighted by Crippen LogP contribution is 2.77. The molecule has 0 heterocycles. The first-order valence-electron chi connectivity index (χ1n) is 14.6. The van der Waals surface area contributed by atoms with Crippen molar-refractivity contribution in [2.24, 2.45) is 62.6 Å². The van der Waals surface area contributed by atoms with Gasteiger partial charge in [-0.1, -0.05) is 67.0 Å². The van der Waals surface area contributed by atoms with Crippen LogP contribution in [0, 0.1) is 62.6 Å². The van der Waals surface area contributed by atoms with Gasteiger partial charge in [-0.2, -0.15) is 0 Å². The number of fused-ring (bicyclic) bond motifs is 7. The molecule has 5 aliphatic rings. The van der Waals surface area contributed by atoms with E-state index in [1.165, 1.54) is 56.9 Å². The van der Waals surface area contributed by atoms with Crippen LogP contribution in [0.3, 0.4) is 0 Å². The zero-order valence-corrected chi connectivity index (χ0v) is 23.5. The van der Waals surface area contributed by atoms with Gasteiger partial charge in [0.15, 0.2) is 0 Å². The summed E-state index contributed by atoms with van der Waals surface area (Å²) >= 11 is 0. The molecule has 192 valence electrons. The van der Waals surface area contributed by atoms with Crippen molar-refractivity contribution in [1.29, 1.82) is 0 Å². The molecule has 0 spiro atoms. The maximum atomic E-state index is 11.6. The van der Waals surface area contributed by atoms with E-state index in [-0.39, 0.29) is 11.8 Å². The quantitative estimate of drug-likeness (QED) is 0.420. The smallest absolute Gasteiger partial charge is 0.307 e. The first kappa shape index (κ1) is 24.9. The van der Waals surface area contributed by atoms with E-state index in [1.807, 2.05) is 0 Å². The number of carboxylic acid groups (broad SMARTS) is 1. The van der Waals surface area contributed by atoms with Gasteiger partial charge >= 0.3 is 5.97 Å². The van der Waals surface area contributed by atoms with Crippen LogP contribution in [0.2, 0.25) is 0 Å². The van der Waals surface area contributed by atoms with E-state index < -0.39 is 5.97 Å². The van der Waals surface area contributed by atoms with Crippen molar-refractivity contribution >= 4 is 5.97 Å². The van der Waals surface area contributed by atoms with Gasteiger partial charge in [-0.05, 0) is 120 Å². The maximum absolute atomic E-state index is 11.6. The zero-order valence-electron chi connectivity index (χ0n) is 23.5. The number of rotatable bonds is 3. The third kappa shape index (κ3) is 3.08. The summed E-state index contributed by atoms with van der Waals surface area (Å²) in [5.74, 6) is 4.21. The second kappa shape index (κ2) is 7.61. The number of carboxylic acids is 1. The molecule has 0 aliphatic heterocycles. The molecular weight excluding hydrogens is 416 g/mol. The number of hydrogen-bond acceptors (Lipinski definition) is 1. The maximum Gasteiger partial charge on any atom is 0.307 e. The molecule has 0 bridgehead atoms. The standard InChI is InChI=1S/C32H52O2/c1-20(2)22-12-14-29(5)17-18-31(7)23(27(22)29)9-10-25-30(6)15-11-21(19-26(33)34)28(3,4)24(30)13-16-32(25,31)8/h11,20,22-25,27H,9-10,12-19H2,1-8H3,(H,33,34)/t22-,23+,24-,25?,27+,29+,30-,31+,32+/m0/s1. The van der Waals surface area contributed by atoms with Gasteiger partial charge in [-0.3, -0.25) is 4.79 Å². The lowest BCUT2D eigenvalue weighted by atomic mass is 9.32. The topological polar surface area (TPSA) is 37.3 Å². The second-order valence-corrected chi connectivity index (χ2v) is 15.5. The Morgan fingerprint density at radius 2 is 1.62 bits per heavy atom. The van der Waals surface area contributed by atoms with Crippen molar-refractivity contribution in [2.45, 2.75) is 120 Å². The van der Waals surface area contributed by atoms with Crippen LogP contribution < -0.4 is 0 Å². The Hall–Kier alpha value is -0.790. The van der Waals surface area contributed by atoms with Crippen molar-refractivity contribution in [3.63, 3.8) is 0 Å². The Bertz CT molecular complexity index is 883. The SMILES string of the molecule is CC(C)[C@@H]1CC[C@]2(C)CC[C@]3(C)[C@H](CCC4[C@@]5(C)CC=C(CC(=O)O)C(C)(C)[C@@H]5CC[C@]43C)[C@@H]12. The normalized spacial score (nSPS) is 51.7. The lowest BCUT2D eigenvalue weighted by molar-refractivity contribution is -0.228. The van der Waals surface area contributed by atoms with E-state index in [0.717, 1.165) is 36.0 Å². The second-order valence-electron chi connectivity index (χ2n) is 15.5. The monoisotopic (exact) mass is 468 g/mol. The summed E-state index contributed by atoms with van der Waals surface area (Å²) in [6.45, 7) is 20.4. The average molecular weight is 469 g/mol. The molecule has 34 heavy (non-hydrogen) atoms. The third-order valence-electron chi connectivity index (χ3n) is 13.9. The van der Waals surface area contributed by atoms with Crippen LogP contribution >= 0.6 is 0 Å². The van der Waals surface area contributed by atoms with Crippen LogP contribution in [-0.4, -0.2) is 11.1 Å². The largest absolute Gasteiger partial charge is 0.481 e. The minimum atomic E-state index is -0.668. The molecule has 1 N–H and O–H groups in total. The number of allylic oxidation sites excluding steroid dienone is 1. The van der Waals surface area contributed by atoms with Crippen molar-refractivity contribution in [3.8, 4) is 0 Å². The molecule has 0 aromatic heterocycles. The molecule has 0 aromatic carbocycles. The summed E-state index contributed by atoms with van der Waals surface area (Å²) in [5, 5.41) is 9.56. The molecule has 0 saturated heterocycles. The predicted molar refractivity (Wildman–Crippen MR) is 140 cm³/mol. The van der Waals surface area contributed by atoms with Crippen LogP contribution in [0.1, 0.15) is 120 Å². The number of aliphatic carboxylic acids is 1. The van der Waals surface area contributed by atoms with Crippen LogP contribution in [0.15, 0.2) is 11.6 Å². The van der Waals surface area contributed by atoms with Crippen LogP contribution in [0.25, 0.3) is 0 Å². The average Bonchev–Trinajstić information content (AvgIpc) is 3.08. The molecule has 2 nitrogen and oxygen atoms in total. The van der Waals surface area contributed by atoms with Gasteiger partial charge in [0.1, 0.15) is 0 Å². The highest BCUT2D eigenvalue weighted by atomic mass is 16.4. The molecule has 0 amide bonds. The van der Waals surface area contributed by atoms with Gasteiger partial charge in [-0.15, -0.1) is 0 Å². The molecule has 1 unspecified atom stereocenters. The molecular formula is C32H52O2. The van der Waals surface area contributed by atoms with Crippen LogP contribution in [-0.2, 0) is 4.79 Å². The van der Waals surface area contributed by atoms with E-state index in [1.54, 1.807) is 0 Å². The molecule has 0 radical (unpaired) electrons. The molecule has 4 fully saturated rings. The molecule has 2 heteroatoms. The van der Waals surface area contributed by atoms with E-state index in [9.17, 15) is 9.90 Å². The Labute approximate surface area is 209 Å². The van der Waals surface area contributed by atoms with Crippen LogP contribution in [0.4, 0.5) is 0 Å². The van der Waals surface area contributed by atoms with Gasteiger partial charge < -0.3 is 5.11 Å². The first-order chi connectivity index (χ1) is 15.7. The van der Waals surface area contributed by atoms with E-state index in [0.29, 0.717) is 27.6 Å². The highest BCUT2D eigenvalue weighted by Gasteiger charge is 2.69. The molecule has 5 aliphatic carbocycles. The number of carbonyl (C=O) groups is 1. The molecule has 4 saturated carbocycles. The fourth-order valence-corrected chi connectivity index (χ4v) is 11.9. The summed E-state index contributed by atoms with van der Waals surface area (Å²) in [6, 6.07) is 0. The molecule has 9 atom stereocenters. The summed E-state index contributed by atoms with van der Waals surface area (Å²) in [5.41, 5.74) is 2.89. The summed E-state index contributed by atoms with van der Waals surface area (Å²) < 4.78 is 0. The van der Waals surface area contributed by atoms with Crippen molar-refractivity contribution in [2.75, 3.05) is 0 Å². The van der Waals surface area contributed by atoms with Gasteiger partial charge in [0.05, 0.1) is 6.42 Å². The Balaban J connectivity index is 1.52. The lowest BCUT2D eigenvalue weighted by Crippen LogP contribution is -2.65. The highest BCUT2D eigenvalue weighted by molar-refractivity contribution is 5.70. The summed E-state index contributed by atoms with van der Waals surface area (Å²) in [4.78, 5) is 11.6. The molecule has 0 aromatic rings. The van der Waals surface area contributed by atoms with E-state index in [4.69, 9.17) is 0 Å². The first-order valence-corrected chi connectivity index (χ1v) is 14.6. The predicted octanol–water partition coefficient (Wildman–Crippen LogP) is 8.75. The fraction of sp³-hybridized carbons (Fsp3) is 0.906. The Morgan fingerprint density at radius 3 is 2.26 bits per heavy atom. The minimum Gasteiger partial charge on any atom is -0.481 e. The number of hydrogen-bond donors (Lipinski definition) is 1. The van der Waals surface area contributed by atoms with E-state index in [2.05, 4.69) is 61.5 Å². The summed E-state index contributed by atoms with van der Waals surface area (Å²) in [7, 11) is 0. The molecule has 5 rings (SSSR count). The van der Waals surface area contributed by atoms with Gasteiger partial charge in [0.2, 0.25) is 0 Å². The zero-order chi connectivity index (χ0) is 24.9. The van der Waals surface area contributed by atoms with E-state index >= 15 is 0 Å². The Kier molecular flexibility index (Phi) is 5.57. The van der Waals surface area contributed by atoms with Crippen molar-refractivity contribution in [3.05, 3.63) is 11.6 Å². The summed E-state index contributed by atoms with van der Waals surface area (Å²) in [6.07, 6.45) is 14.9.